The van der Waals surface area contributed by atoms with Gasteiger partial charge in [0.05, 0.1) is 11.2 Å². The van der Waals surface area contributed by atoms with E-state index in [2.05, 4.69) is 82.3 Å². The normalized spacial score (nSPS) is 18.2. The smallest absolute Gasteiger partial charge is 0.455 e. The summed E-state index contributed by atoms with van der Waals surface area (Å²) < 4.78 is 19.0. The topological polar surface area (TPSA) is 31.6 Å². The molecule has 0 bridgehead atoms. The number of fused-ring (bicyclic) bond motifs is 8. The van der Waals surface area contributed by atoms with Crippen LogP contribution in [0.5, 0.6) is 0 Å². The molecule has 5 aromatic rings. The van der Waals surface area contributed by atoms with Crippen LogP contribution in [0.4, 0.5) is 0 Å². The predicted molar refractivity (Wildman–Crippen MR) is 124 cm³/mol. The maximum atomic E-state index is 6.39. The minimum absolute atomic E-state index is 0.370. The van der Waals surface area contributed by atoms with Gasteiger partial charge in [0.1, 0.15) is 11.2 Å². The van der Waals surface area contributed by atoms with Crippen LogP contribution < -0.4 is 5.46 Å². The lowest BCUT2D eigenvalue weighted by Crippen LogP contribution is -2.41. The second kappa shape index (κ2) is 5.87. The lowest BCUT2D eigenvalue weighted by Gasteiger charge is -2.32. The Labute approximate surface area is 175 Å². The molecule has 0 saturated carbocycles. The van der Waals surface area contributed by atoms with Crippen LogP contribution in [0.15, 0.2) is 71.1 Å². The first-order valence-electron chi connectivity index (χ1n) is 10.5. The van der Waals surface area contributed by atoms with Crippen LogP contribution in [0.2, 0.25) is 0 Å². The van der Waals surface area contributed by atoms with E-state index in [9.17, 15) is 0 Å². The van der Waals surface area contributed by atoms with Crippen molar-refractivity contribution in [3.05, 3.63) is 66.7 Å². The summed E-state index contributed by atoms with van der Waals surface area (Å²) in [7, 11) is -0.398. The molecule has 1 aromatic heterocycles. The SMILES string of the molecule is CC1(C)OB(c2ccc3c4ccccc4c4c5ccccc5oc4c3c2)OC1(C)C. The largest absolute Gasteiger partial charge is 0.494 e. The van der Waals surface area contributed by atoms with Crippen LogP contribution in [-0.4, -0.2) is 18.3 Å². The van der Waals surface area contributed by atoms with Crippen molar-refractivity contribution in [2.75, 3.05) is 0 Å². The van der Waals surface area contributed by atoms with Gasteiger partial charge in [0.25, 0.3) is 0 Å². The van der Waals surface area contributed by atoms with Gasteiger partial charge in [0, 0.05) is 16.2 Å². The molecule has 1 aliphatic rings. The molecule has 1 fully saturated rings. The first kappa shape index (κ1) is 18.0. The molecule has 0 N–H and O–H groups in total. The van der Waals surface area contributed by atoms with E-state index in [1.165, 1.54) is 21.5 Å². The van der Waals surface area contributed by atoms with Crippen LogP contribution in [0.25, 0.3) is 43.5 Å². The molecule has 0 atom stereocenters. The minimum Gasteiger partial charge on any atom is -0.455 e. The molecule has 148 valence electrons. The highest BCUT2D eigenvalue weighted by atomic mass is 16.7. The van der Waals surface area contributed by atoms with Crippen LogP contribution in [0, 0.1) is 0 Å². The fraction of sp³-hybridized carbons (Fsp3) is 0.231. The van der Waals surface area contributed by atoms with Crippen molar-refractivity contribution in [3.63, 3.8) is 0 Å². The van der Waals surface area contributed by atoms with E-state index in [-0.39, 0.29) is 11.2 Å². The average Bonchev–Trinajstić information content (AvgIpc) is 3.22. The van der Waals surface area contributed by atoms with Crippen molar-refractivity contribution >= 4 is 56.1 Å². The molecular formula is C26H23BO3. The van der Waals surface area contributed by atoms with Gasteiger partial charge in [-0.3, -0.25) is 0 Å². The van der Waals surface area contributed by atoms with Gasteiger partial charge >= 0.3 is 7.12 Å². The van der Waals surface area contributed by atoms with E-state index in [1.807, 2.05) is 12.1 Å². The van der Waals surface area contributed by atoms with Crippen LogP contribution >= 0.6 is 0 Å². The molecule has 0 unspecified atom stereocenters. The Morgan fingerprint density at radius 2 is 1.23 bits per heavy atom. The van der Waals surface area contributed by atoms with Gasteiger partial charge in [-0.05, 0) is 55.4 Å². The maximum absolute atomic E-state index is 6.39. The summed E-state index contributed by atoms with van der Waals surface area (Å²) in [5.41, 5.74) is 2.10. The number of benzene rings is 4. The van der Waals surface area contributed by atoms with Crippen molar-refractivity contribution in [1.82, 2.24) is 0 Å². The highest BCUT2D eigenvalue weighted by molar-refractivity contribution is 6.62. The Balaban J connectivity index is 1.68. The van der Waals surface area contributed by atoms with Gasteiger partial charge in [-0.15, -0.1) is 0 Å². The van der Waals surface area contributed by atoms with Crippen molar-refractivity contribution in [2.45, 2.75) is 38.9 Å². The molecule has 30 heavy (non-hydrogen) atoms. The predicted octanol–water partition coefficient (Wildman–Crippen LogP) is 6.19. The molecule has 1 aliphatic heterocycles. The van der Waals surface area contributed by atoms with E-state index < -0.39 is 7.12 Å². The third-order valence-electron chi connectivity index (χ3n) is 6.90. The van der Waals surface area contributed by atoms with E-state index in [4.69, 9.17) is 13.7 Å². The van der Waals surface area contributed by atoms with E-state index in [0.717, 1.165) is 27.4 Å². The van der Waals surface area contributed by atoms with Crippen molar-refractivity contribution < 1.29 is 13.7 Å². The number of hydrogen-bond donors (Lipinski definition) is 0. The Morgan fingerprint density at radius 3 is 1.97 bits per heavy atom. The standard InChI is InChI=1S/C26H23BO3/c1-25(2)26(3,4)30-27(29-25)16-13-14-18-17-9-5-6-10-19(17)23-20-11-7-8-12-22(20)28-24(23)21(18)15-16/h5-15H,1-4H3. The van der Waals surface area contributed by atoms with Gasteiger partial charge in [-0.2, -0.15) is 0 Å². The second-order valence-electron chi connectivity index (χ2n) is 9.24. The van der Waals surface area contributed by atoms with Gasteiger partial charge < -0.3 is 13.7 Å². The van der Waals surface area contributed by atoms with Gasteiger partial charge in [0.15, 0.2) is 0 Å². The lowest BCUT2D eigenvalue weighted by molar-refractivity contribution is 0.00578. The Hall–Kier alpha value is -2.82. The number of para-hydroxylation sites is 1. The summed E-state index contributed by atoms with van der Waals surface area (Å²) in [4.78, 5) is 0. The van der Waals surface area contributed by atoms with Crippen molar-refractivity contribution in [2.24, 2.45) is 0 Å². The molecule has 4 aromatic carbocycles. The van der Waals surface area contributed by atoms with Crippen LogP contribution in [-0.2, 0) is 9.31 Å². The van der Waals surface area contributed by atoms with Gasteiger partial charge in [-0.1, -0.05) is 60.7 Å². The number of rotatable bonds is 1. The van der Waals surface area contributed by atoms with Crippen LogP contribution in [0.1, 0.15) is 27.7 Å². The third kappa shape index (κ3) is 2.35. The highest BCUT2D eigenvalue weighted by Crippen LogP contribution is 2.41. The fourth-order valence-corrected chi connectivity index (χ4v) is 4.55. The van der Waals surface area contributed by atoms with Crippen molar-refractivity contribution in [1.29, 1.82) is 0 Å². The van der Waals surface area contributed by atoms with Gasteiger partial charge in [-0.25, -0.2) is 0 Å². The molecule has 0 aliphatic carbocycles. The van der Waals surface area contributed by atoms with E-state index in [1.54, 1.807) is 0 Å². The zero-order valence-corrected chi connectivity index (χ0v) is 17.7. The first-order valence-corrected chi connectivity index (χ1v) is 10.5. The molecule has 6 rings (SSSR count). The van der Waals surface area contributed by atoms with Crippen LogP contribution in [0.3, 0.4) is 0 Å². The highest BCUT2D eigenvalue weighted by Gasteiger charge is 2.51. The molecule has 0 amide bonds. The third-order valence-corrected chi connectivity index (χ3v) is 6.90. The second-order valence-corrected chi connectivity index (χ2v) is 9.24. The fourth-order valence-electron chi connectivity index (χ4n) is 4.55. The maximum Gasteiger partial charge on any atom is 0.494 e. The molecule has 2 heterocycles. The summed E-state index contributed by atoms with van der Waals surface area (Å²) in [5.74, 6) is 0. The summed E-state index contributed by atoms with van der Waals surface area (Å²) >= 11 is 0. The molecular weight excluding hydrogens is 371 g/mol. The minimum atomic E-state index is -0.398. The quantitative estimate of drug-likeness (QED) is 0.251. The molecule has 0 spiro atoms. The lowest BCUT2D eigenvalue weighted by atomic mass is 9.77. The molecule has 4 heteroatoms. The monoisotopic (exact) mass is 394 g/mol. The molecule has 1 saturated heterocycles. The number of hydrogen-bond acceptors (Lipinski definition) is 3. The average molecular weight is 394 g/mol. The Morgan fingerprint density at radius 1 is 0.633 bits per heavy atom. The molecule has 3 nitrogen and oxygen atoms in total. The number of furan rings is 1. The summed E-state index contributed by atoms with van der Waals surface area (Å²) in [5, 5.41) is 7.02. The Kier molecular flexibility index (Phi) is 3.52. The molecule has 0 radical (unpaired) electrons. The summed E-state index contributed by atoms with van der Waals surface area (Å²) in [6.45, 7) is 8.33. The van der Waals surface area contributed by atoms with Crippen molar-refractivity contribution in [3.8, 4) is 0 Å². The zero-order valence-electron chi connectivity index (χ0n) is 17.7. The van der Waals surface area contributed by atoms with E-state index in [0.29, 0.717) is 0 Å². The summed E-state index contributed by atoms with van der Waals surface area (Å²) in [6.07, 6.45) is 0. The van der Waals surface area contributed by atoms with E-state index >= 15 is 0 Å². The first-order chi connectivity index (χ1) is 14.4. The summed E-state index contributed by atoms with van der Waals surface area (Å²) in [6, 6.07) is 23.3. The van der Waals surface area contributed by atoms with Gasteiger partial charge in [0.2, 0.25) is 0 Å². The Bertz CT molecular complexity index is 1450. The zero-order chi connectivity index (χ0) is 20.7.